The summed E-state index contributed by atoms with van der Waals surface area (Å²) in [6, 6.07) is 0.222. The molecule has 18 heteroatoms. The number of halogens is 1. The van der Waals surface area contributed by atoms with Gasteiger partial charge in [0.1, 0.15) is 30.7 Å². The van der Waals surface area contributed by atoms with Crippen LogP contribution in [0.3, 0.4) is 0 Å². The smallest absolute Gasteiger partial charge is 0.361 e. The van der Waals surface area contributed by atoms with Crippen molar-refractivity contribution in [1.29, 1.82) is 0 Å². The molecule has 0 spiro atoms. The lowest BCUT2D eigenvalue weighted by Gasteiger charge is -2.34. The van der Waals surface area contributed by atoms with Crippen LogP contribution in [-0.2, 0) is 28.3 Å². The Morgan fingerprint density at radius 2 is 1.97 bits per heavy atom. The average Bonchev–Trinajstić information content (AvgIpc) is 3.58. The van der Waals surface area contributed by atoms with Crippen molar-refractivity contribution in [3.8, 4) is 0 Å². The van der Waals surface area contributed by atoms with Crippen molar-refractivity contribution in [2.45, 2.75) is 61.6 Å². The molecule has 1 aliphatic carbocycles. The molecule has 6 N–H and O–H groups in total. The molecule has 16 nitrogen and oxygen atoms in total. The number of methoxy groups -OCH3 is 1. The minimum atomic E-state index is -5.12. The van der Waals surface area contributed by atoms with E-state index in [-0.39, 0.29) is 17.0 Å². The van der Waals surface area contributed by atoms with E-state index < -0.39 is 69.9 Å². The highest BCUT2D eigenvalue weighted by Gasteiger charge is 2.52. The zero-order valence-corrected chi connectivity index (χ0v) is 22.6. The Morgan fingerprint density at radius 1 is 1.26 bits per heavy atom. The number of hydrogen-bond acceptors (Lipinski definition) is 12. The van der Waals surface area contributed by atoms with Crippen molar-refractivity contribution in [3.63, 3.8) is 0 Å². The third kappa shape index (κ3) is 6.51. The molecule has 0 radical (unpaired) electrons. The van der Waals surface area contributed by atoms with Gasteiger partial charge in [-0.1, -0.05) is 12.8 Å². The fourth-order valence-electron chi connectivity index (χ4n) is 4.67. The fourth-order valence-corrected chi connectivity index (χ4v) is 5.63. The number of carboxylic acid groups (broad SMARTS) is 1. The molecule has 0 aromatic carbocycles. The van der Waals surface area contributed by atoms with Crippen molar-refractivity contribution in [2.75, 3.05) is 38.9 Å². The van der Waals surface area contributed by atoms with Crippen molar-refractivity contribution >= 4 is 42.0 Å². The summed E-state index contributed by atoms with van der Waals surface area (Å²) in [5.41, 5.74) is 0.235. The van der Waals surface area contributed by atoms with Crippen molar-refractivity contribution in [1.82, 2.24) is 19.7 Å². The zero-order valence-electron chi connectivity index (χ0n) is 20.9. The van der Waals surface area contributed by atoms with E-state index in [1.165, 1.54) is 10.9 Å². The molecule has 1 aliphatic heterocycles. The van der Waals surface area contributed by atoms with Gasteiger partial charge in [0.2, 0.25) is 10.6 Å². The molecular weight excluding hydrogens is 565 g/mol. The number of aliphatic hydroxyl groups excluding tert-OH is 2. The number of nitrogens with one attached hydrogen (secondary N) is 1. The van der Waals surface area contributed by atoms with Crippen LogP contribution >= 0.6 is 19.2 Å². The lowest BCUT2D eigenvalue weighted by atomic mass is 10.1. The van der Waals surface area contributed by atoms with Gasteiger partial charge in [0, 0.05) is 13.2 Å². The van der Waals surface area contributed by atoms with Crippen LogP contribution in [0.2, 0.25) is 5.28 Å². The quantitative estimate of drug-likeness (QED) is 0.133. The second kappa shape index (κ2) is 12.3. The van der Waals surface area contributed by atoms with Crippen LogP contribution in [0.15, 0.2) is 6.20 Å². The number of hydrogen-bond donors (Lipinski definition) is 6. The van der Waals surface area contributed by atoms with Gasteiger partial charge < -0.3 is 49.4 Å². The molecule has 0 bridgehead atoms. The van der Waals surface area contributed by atoms with E-state index in [1.54, 1.807) is 0 Å². The van der Waals surface area contributed by atoms with Crippen LogP contribution in [0.5, 0.6) is 0 Å². The molecule has 2 aromatic heterocycles. The number of aliphatic hydroxyl groups is 2. The van der Waals surface area contributed by atoms with Crippen LogP contribution < -0.4 is 5.32 Å². The van der Waals surface area contributed by atoms with Gasteiger partial charge in [0.25, 0.3) is 0 Å². The molecule has 2 aromatic rings. The summed E-state index contributed by atoms with van der Waals surface area (Å²) in [7, 11) is -3.95. The minimum absolute atomic E-state index is 0.0648. The van der Waals surface area contributed by atoms with Gasteiger partial charge in [-0.25, -0.2) is 9.48 Å². The molecule has 2 fully saturated rings. The molecule has 0 amide bonds. The predicted octanol–water partition coefficient (Wildman–Crippen LogP) is 0.0916. The summed E-state index contributed by atoms with van der Waals surface area (Å²) in [6.45, 7) is -2.96. The highest BCUT2D eigenvalue weighted by Crippen LogP contribution is 2.52. The largest absolute Gasteiger partial charge is 0.480 e. The maximum atomic E-state index is 12.3. The average molecular weight is 596 g/mol. The summed E-state index contributed by atoms with van der Waals surface area (Å²) in [4.78, 5) is 39.2. The first-order valence-electron chi connectivity index (χ1n) is 12.1. The number of aliphatic carboxylic acids is 1. The molecule has 3 heterocycles. The van der Waals surface area contributed by atoms with Gasteiger partial charge in [-0.3, -0.25) is 4.57 Å². The van der Waals surface area contributed by atoms with E-state index >= 15 is 0 Å². The Balaban J connectivity index is 1.53. The number of anilines is 1. The summed E-state index contributed by atoms with van der Waals surface area (Å²) in [5.74, 6) is -0.882. The predicted molar refractivity (Wildman–Crippen MR) is 133 cm³/mol. The fraction of sp³-hybridized carbons (Fsp3) is 0.714. The number of carbonyl (C=O) groups is 1. The summed E-state index contributed by atoms with van der Waals surface area (Å²) < 4.78 is 34.7. The van der Waals surface area contributed by atoms with E-state index in [0.717, 1.165) is 32.8 Å². The lowest BCUT2D eigenvalue weighted by Crippen LogP contribution is -2.46. The SMILES string of the molecule is COC[C@](COCC(=O)O)(OC[C@H]1O[C@@H](n2ncc3c(NC4CCCC4)nc(Cl)nc32)[C@H](O)[C@@H]1O)P(=O)(O)O. The molecular formula is C21H31ClN5O11P. The van der Waals surface area contributed by atoms with Crippen LogP contribution in [0.4, 0.5) is 5.82 Å². The molecule has 0 unspecified atom stereocenters. The second-order valence-corrected chi connectivity index (χ2v) is 11.7. The normalized spacial score (nSPS) is 25.8. The summed E-state index contributed by atoms with van der Waals surface area (Å²) in [5, 5.41) is 35.9. The van der Waals surface area contributed by atoms with E-state index in [1.807, 2.05) is 0 Å². The number of fused-ring (bicyclic) bond motifs is 1. The Morgan fingerprint density at radius 3 is 2.62 bits per heavy atom. The van der Waals surface area contributed by atoms with Gasteiger partial charge in [-0.05, 0) is 24.4 Å². The Bertz CT molecular complexity index is 1210. The minimum Gasteiger partial charge on any atom is -0.480 e. The molecule has 1 saturated carbocycles. The lowest BCUT2D eigenvalue weighted by molar-refractivity contribution is -0.151. The molecule has 1 saturated heterocycles. The molecule has 2 aliphatic rings. The van der Waals surface area contributed by atoms with Crippen molar-refractivity contribution < 1.29 is 53.4 Å². The van der Waals surface area contributed by atoms with Crippen molar-refractivity contribution in [2.24, 2.45) is 0 Å². The molecule has 4 rings (SSSR count). The molecule has 5 atom stereocenters. The number of ether oxygens (including phenoxy) is 4. The maximum Gasteiger partial charge on any atom is 0.361 e. The van der Waals surface area contributed by atoms with Crippen LogP contribution in [0.25, 0.3) is 11.0 Å². The second-order valence-electron chi connectivity index (χ2n) is 9.46. The van der Waals surface area contributed by atoms with Gasteiger partial charge in [-0.2, -0.15) is 15.1 Å². The zero-order chi connectivity index (χ0) is 28.4. The Hall–Kier alpha value is -1.98. The van der Waals surface area contributed by atoms with E-state index in [2.05, 4.69) is 20.4 Å². The maximum absolute atomic E-state index is 12.3. The highest BCUT2D eigenvalue weighted by atomic mass is 35.5. The third-order valence-electron chi connectivity index (χ3n) is 6.67. The van der Waals surface area contributed by atoms with Crippen LogP contribution in [0.1, 0.15) is 31.9 Å². The van der Waals surface area contributed by atoms with Gasteiger partial charge in [0.05, 0.1) is 31.4 Å². The Labute approximate surface area is 227 Å². The van der Waals surface area contributed by atoms with Crippen LogP contribution in [-0.4, -0.2) is 114 Å². The number of carboxylic acids is 1. The number of rotatable bonds is 13. The number of aromatic nitrogens is 4. The van der Waals surface area contributed by atoms with Gasteiger partial charge in [0.15, 0.2) is 11.9 Å². The van der Waals surface area contributed by atoms with Gasteiger partial charge in [-0.15, -0.1) is 0 Å². The van der Waals surface area contributed by atoms with E-state index in [9.17, 15) is 29.4 Å². The first-order chi connectivity index (χ1) is 18.5. The summed E-state index contributed by atoms with van der Waals surface area (Å²) >= 11 is 6.16. The highest BCUT2D eigenvalue weighted by molar-refractivity contribution is 7.53. The first kappa shape index (κ1) is 30.0. The monoisotopic (exact) mass is 595 g/mol. The van der Waals surface area contributed by atoms with E-state index in [0.29, 0.717) is 11.2 Å². The van der Waals surface area contributed by atoms with E-state index in [4.69, 9.17) is 35.7 Å². The first-order valence-corrected chi connectivity index (χ1v) is 14.1. The summed E-state index contributed by atoms with van der Waals surface area (Å²) in [6.07, 6.45) is 0.0186. The van der Waals surface area contributed by atoms with Gasteiger partial charge >= 0.3 is 13.6 Å². The topological polar surface area (TPSA) is 228 Å². The van der Waals surface area contributed by atoms with Crippen molar-refractivity contribution in [3.05, 3.63) is 11.5 Å². The standard InChI is InChI=1S/C21H31ClN5O11P/c1-35-9-21(39(32,33)34,10-36-8-14(28)29)37-7-13-15(30)16(31)19(38-13)27-18-12(6-23-27)17(25-20(22)26-18)24-11-4-2-3-5-11/h6,11,13,15-16,19,30-31H,2-5,7-10H2,1H3,(H,28,29)(H,24,25,26)(H2,32,33,34)/t13-,15-,16-,19-,21+/m1/s1. The number of nitrogens with zero attached hydrogens (tertiary/aromatic N) is 4. The third-order valence-corrected chi connectivity index (χ3v) is 8.29. The van der Waals surface area contributed by atoms with Crippen LogP contribution in [0, 0.1) is 0 Å². The Kier molecular flexibility index (Phi) is 9.43. The molecule has 39 heavy (non-hydrogen) atoms. The molecule has 218 valence electrons.